The first kappa shape index (κ1) is 26.4. The van der Waals surface area contributed by atoms with Crippen LogP contribution in [0.15, 0.2) is 65.6 Å². The standard InChI is InChI=1S/C28H25FN2O4S2/c1-4-34-24-14-19(15-25-27(33)31(28(36)37-25)22-10-7-20(29)8-11-22)6-12-23(24)35-16-26(32)30-21-9-5-17(2)18(3)13-21/h5-15H,4,16H2,1-3H3,(H,30,32)/b25-15-. The van der Waals surface area contributed by atoms with Crippen LogP contribution in [-0.4, -0.2) is 29.3 Å². The Balaban J connectivity index is 1.46. The molecular weight excluding hydrogens is 511 g/mol. The Kier molecular flexibility index (Phi) is 8.25. The highest BCUT2D eigenvalue weighted by atomic mass is 32.2. The molecule has 1 aliphatic rings. The second-order valence-electron chi connectivity index (χ2n) is 8.27. The molecule has 2 amide bonds. The lowest BCUT2D eigenvalue weighted by Gasteiger charge is -2.14. The zero-order valence-electron chi connectivity index (χ0n) is 20.5. The number of aryl methyl sites for hydroxylation is 2. The van der Waals surface area contributed by atoms with Crippen molar-refractivity contribution in [2.24, 2.45) is 0 Å². The third-order valence-electron chi connectivity index (χ3n) is 5.59. The first-order valence-corrected chi connectivity index (χ1v) is 12.8. The van der Waals surface area contributed by atoms with Crippen LogP contribution in [0.2, 0.25) is 0 Å². The van der Waals surface area contributed by atoms with Crippen LogP contribution in [0.3, 0.4) is 0 Å². The van der Waals surface area contributed by atoms with Gasteiger partial charge in [0, 0.05) is 5.69 Å². The maximum absolute atomic E-state index is 13.3. The molecule has 9 heteroatoms. The van der Waals surface area contributed by atoms with Gasteiger partial charge in [-0.05, 0) is 92.1 Å². The predicted molar refractivity (Wildman–Crippen MR) is 150 cm³/mol. The summed E-state index contributed by atoms with van der Waals surface area (Å²) in [7, 11) is 0. The lowest BCUT2D eigenvalue weighted by Crippen LogP contribution is -2.27. The van der Waals surface area contributed by atoms with Gasteiger partial charge in [-0.1, -0.05) is 36.1 Å². The highest BCUT2D eigenvalue weighted by Gasteiger charge is 2.33. The summed E-state index contributed by atoms with van der Waals surface area (Å²) in [6, 6.07) is 16.5. The van der Waals surface area contributed by atoms with Gasteiger partial charge in [0.1, 0.15) is 5.82 Å². The third-order valence-corrected chi connectivity index (χ3v) is 6.90. The zero-order valence-corrected chi connectivity index (χ0v) is 22.2. The smallest absolute Gasteiger partial charge is 0.270 e. The molecule has 1 aliphatic heterocycles. The van der Waals surface area contributed by atoms with Gasteiger partial charge >= 0.3 is 0 Å². The molecule has 0 saturated carbocycles. The van der Waals surface area contributed by atoms with Crippen molar-refractivity contribution in [2.75, 3.05) is 23.4 Å². The average Bonchev–Trinajstić information content (AvgIpc) is 3.14. The van der Waals surface area contributed by atoms with Crippen molar-refractivity contribution in [2.45, 2.75) is 20.8 Å². The normalized spacial score (nSPS) is 14.3. The number of benzene rings is 3. The minimum Gasteiger partial charge on any atom is -0.490 e. The molecule has 3 aromatic carbocycles. The Morgan fingerprint density at radius 3 is 2.49 bits per heavy atom. The number of hydrogen-bond acceptors (Lipinski definition) is 6. The number of ether oxygens (including phenoxy) is 2. The molecule has 3 aromatic rings. The van der Waals surface area contributed by atoms with Gasteiger partial charge in [-0.15, -0.1) is 0 Å². The lowest BCUT2D eigenvalue weighted by molar-refractivity contribution is -0.118. The molecule has 0 aromatic heterocycles. The molecule has 0 unspecified atom stereocenters. The van der Waals surface area contributed by atoms with Crippen LogP contribution in [0.4, 0.5) is 15.8 Å². The van der Waals surface area contributed by atoms with E-state index in [0.29, 0.717) is 44.3 Å². The van der Waals surface area contributed by atoms with Gasteiger partial charge in [-0.25, -0.2) is 4.39 Å². The Labute approximate surface area is 224 Å². The van der Waals surface area contributed by atoms with Gasteiger partial charge in [0.15, 0.2) is 22.4 Å². The fourth-order valence-electron chi connectivity index (χ4n) is 3.59. The summed E-state index contributed by atoms with van der Waals surface area (Å²) in [5, 5.41) is 2.83. The van der Waals surface area contributed by atoms with Crippen molar-refractivity contribution in [1.29, 1.82) is 0 Å². The van der Waals surface area contributed by atoms with Gasteiger partial charge in [0.2, 0.25) is 0 Å². The Morgan fingerprint density at radius 1 is 1.03 bits per heavy atom. The summed E-state index contributed by atoms with van der Waals surface area (Å²) in [6.07, 6.45) is 1.71. The number of thiocarbonyl (C=S) groups is 1. The monoisotopic (exact) mass is 536 g/mol. The first-order chi connectivity index (χ1) is 17.7. The maximum atomic E-state index is 13.3. The fourth-order valence-corrected chi connectivity index (χ4v) is 4.89. The summed E-state index contributed by atoms with van der Waals surface area (Å²) in [5.41, 5.74) is 4.14. The Morgan fingerprint density at radius 2 is 1.78 bits per heavy atom. The van der Waals surface area contributed by atoms with Gasteiger partial charge in [-0.2, -0.15) is 0 Å². The van der Waals surface area contributed by atoms with E-state index in [1.165, 1.54) is 40.9 Å². The van der Waals surface area contributed by atoms with Crippen molar-refractivity contribution >= 4 is 57.6 Å². The van der Waals surface area contributed by atoms with E-state index in [4.69, 9.17) is 21.7 Å². The number of anilines is 2. The first-order valence-electron chi connectivity index (χ1n) is 11.6. The molecule has 0 spiro atoms. The van der Waals surface area contributed by atoms with Crippen molar-refractivity contribution in [3.63, 3.8) is 0 Å². The molecule has 1 saturated heterocycles. The molecule has 4 rings (SSSR count). The van der Waals surface area contributed by atoms with Crippen LogP contribution < -0.4 is 19.7 Å². The van der Waals surface area contributed by atoms with E-state index < -0.39 is 5.82 Å². The molecule has 37 heavy (non-hydrogen) atoms. The van der Waals surface area contributed by atoms with Crippen LogP contribution >= 0.6 is 24.0 Å². The molecule has 190 valence electrons. The minimum absolute atomic E-state index is 0.192. The summed E-state index contributed by atoms with van der Waals surface area (Å²) in [5.74, 6) is -0.113. The fraction of sp³-hybridized carbons (Fsp3) is 0.179. The lowest BCUT2D eigenvalue weighted by atomic mass is 10.1. The molecule has 0 bridgehead atoms. The number of amides is 2. The number of rotatable bonds is 8. The number of hydrogen-bond donors (Lipinski definition) is 1. The Hall–Kier alpha value is -3.69. The van der Waals surface area contributed by atoms with Crippen molar-refractivity contribution in [3.05, 3.63) is 88.1 Å². The van der Waals surface area contributed by atoms with Gasteiger partial charge in [0.05, 0.1) is 17.2 Å². The summed E-state index contributed by atoms with van der Waals surface area (Å²) in [4.78, 5) is 27.2. The van der Waals surface area contributed by atoms with Crippen molar-refractivity contribution in [1.82, 2.24) is 0 Å². The van der Waals surface area contributed by atoms with Gasteiger partial charge in [-0.3, -0.25) is 14.5 Å². The van der Waals surface area contributed by atoms with Crippen LogP contribution in [0.5, 0.6) is 11.5 Å². The van der Waals surface area contributed by atoms with E-state index in [-0.39, 0.29) is 18.4 Å². The number of carbonyl (C=O) groups excluding carboxylic acids is 2. The van der Waals surface area contributed by atoms with E-state index in [0.717, 1.165) is 11.1 Å². The molecule has 1 fully saturated rings. The summed E-state index contributed by atoms with van der Waals surface area (Å²) >= 11 is 6.55. The Bertz CT molecular complexity index is 1390. The van der Waals surface area contributed by atoms with Gasteiger partial charge in [0.25, 0.3) is 11.8 Å². The molecule has 0 radical (unpaired) electrons. The van der Waals surface area contributed by atoms with Crippen LogP contribution in [0.1, 0.15) is 23.6 Å². The number of thioether (sulfide) groups is 1. The van der Waals surface area contributed by atoms with E-state index >= 15 is 0 Å². The predicted octanol–water partition coefficient (Wildman–Crippen LogP) is 6.26. The number of halogens is 1. The minimum atomic E-state index is -0.391. The van der Waals surface area contributed by atoms with Crippen molar-refractivity contribution in [3.8, 4) is 11.5 Å². The SMILES string of the molecule is CCOc1cc(/C=C2\SC(=S)N(c3ccc(F)cc3)C2=O)ccc1OCC(=O)Nc1ccc(C)c(C)c1. The largest absolute Gasteiger partial charge is 0.490 e. The van der Waals surface area contributed by atoms with Crippen LogP contribution in [0.25, 0.3) is 6.08 Å². The molecule has 6 nitrogen and oxygen atoms in total. The quantitative estimate of drug-likeness (QED) is 0.271. The van der Waals surface area contributed by atoms with E-state index in [2.05, 4.69) is 5.32 Å². The number of nitrogens with zero attached hydrogens (tertiary/aromatic N) is 1. The van der Waals surface area contributed by atoms with E-state index in [9.17, 15) is 14.0 Å². The number of carbonyl (C=O) groups is 2. The topological polar surface area (TPSA) is 67.9 Å². The molecule has 1 heterocycles. The number of nitrogens with one attached hydrogen (secondary N) is 1. The highest BCUT2D eigenvalue weighted by molar-refractivity contribution is 8.27. The highest BCUT2D eigenvalue weighted by Crippen LogP contribution is 2.37. The van der Waals surface area contributed by atoms with Crippen LogP contribution in [0, 0.1) is 19.7 Å². The van der Waals surface area contributed by atoms with E-state index in [1.807, 2.05) is 39.0 Å². The third kappa shape index (κ3) is 6.36. The molecular formula is C28H25FN2O4S2. The second-order valence-corrected chi connectivity index (χ2v) is 9.94. The molecule has 0 atom stereocenters. The van der Waals surface area contributed by atoms with Gasteiger partial charge < -0.3 is 14.8 Å². The summed E-state index contributed by atoms with van der Waals surface area (Å²) < 4.78 is 25.1. The molecule has 1 N–H and O–H groups in total. The molecule has 0 aliphatic carbocycles. The maximum Gasteiger partial charge on any atom is 0.270 e. The van der Waals surface area contributed by atoms with Crippen LogP contribution in [-0.2, 0) is 9.59 Å². The van der Waals surface area contributed by atoms with E-state index in [1.54, 1.807) is 24.3 Å². The second kappa shape index (κ2) is 11.6. The summed E-state index contributed by atoms with van der Waals surface area (Å²) in [6.45, 7) is 6.04. The zero-order chi connectivity index (χ0) is 26.5. The average molecular weight is 537 g/mol. The van der Waals surface area contributed by atoms with Crippen molar-refractivity contribution < 1.29 is 23.5 Å².